The van der Waals surface area contributed by atoms with Gasteiger partial charge in [0.1, 0.15) is 5.75 Å². The van der Waals surface area contributed by atoms with Crippen molar-refractivity contribution < 1.29 is 27.1 Å². The van der Waals surface area contributed by atoms with E-state index in [1.54, 1.807) is 19.2 Å². The number of methoxy groups -OCH3 is 1. The van der Waals surface area contributed by atoms with Crippen LogP contribution in [0.3, 0.4) is 0 Å². The van der Waals surface area contributed by atoms with Crippen molar-refractivity contribution in [3.05, 3.63) is 78.5 Å². The van der Waals surface area contributed by atoms with Gasteiger partial charge in [-0.05, 0) is 47.5 Å². The van der Waals surface area contributed by atoms with E-state index in [0.29, 0.717) is 29.3 Å². The highest BCUT2D eigenvalue weighted by Crippen LogP contribution is 2.33. The minimum atomic E-state index is -3.40. The summed E-state index contributed by atoms with van der Waals surface area (Å²) in [5.74, 6) is 0.886. The van der Waals surface area contributed by atoms with Gasteiger partial charge in [-0.1, -0.05) is 37.3 Å². The molecule has 0 radical (unpaired) electrons. The summed E-state index contributed by atoms with van der Waals surface area (Å²) in [5, 5.41) is 6.02. The standard InChI is InChI=1S/C31H34N4O6S/c1-3-42(37,38)26-11-12-28(39-2)27(20-26)34-31-33-21-29(41-31)25-6-4-5-24(19-25)22-7-9-23(10-8-22)30(36)32-13-14-35-15-17-40-18-16-35/h4-12,19-21H,3,13-18H2,1-2H3,(H,32,36)(H,33,34). The van der Waals surface area contributed by atoms with Crippen LogP contribution in [0.2, 0.25) is 0 Å². The second-order valence-electron chi connectivity index (χ2n) is 9.79. The van der Waals surface area contributed by atoms with Gasteiger partial charge in [-0.3, -0.25) is 9.69 Å². The lowest BCUT2D eigenvalue weighted by Gasteiger charge is -2.26. The molecule has 1 fully saturated rings. The van der Waals surface area contributed by atoms with E-state index in [9.17, 15) is 13.2 Å². The molecule has 4 aromatic rings. The summed E-state index contributed by atoms with van der Waals surface area (Å²) < 4.78 is 41.4. The molecular formula is C31H34N4O6S. The van der Waals surface area contributed by atoms with Crippen molar-refractivity contribution in [2.45, 2.75) is 11.8 Å². The Morgan fingerprint density at radius 1 is 1.00 bits per heavy atom. The van der Waals surface area contributed by atoms with E-state index in [4.69, 9.17) is 13.9 Å². The molecule has 11 heteroatoms. The van der Waals surface area contributed by atoms with Gasteiger partial charge in [0.25, 0.3) is 11.9 Å². The van der Waals surface area contributed by atoms with Crippen LogP contribution < -0.4 is 15.4 Å². The Labute approximate surface area is 245 Å². The Hall–Kier alpha value is -4.19. The normalized spacial score (nSPS) is 14.0. The van der Waals surface area contributed by atoms with Crippen LogP contribution in [0.15, 0.2) is 82.2 Å². The summed E-state index contributed by atoms with van der Waals surface area (Å²) in [5.41, 5.74) is 3.76. The zero-order chi connectivity index (χ0) is 29.5. The molecule has 2 heterocycles. The monoisotopic (exact) mass is 590 g/mol. The number of benzene rings is 3. The Balaban J connectivity index is 1.25. The highest BCUT2D eigenvalue weighted by atomic mass is 32.2. The summed E-state index contributed by atoms with van der Waals surface area (Å²) in [7, 11) is -1.89. The molecular weight excluding hydrogens is 556 g/mol. The van der Waals surface area contributed by atoms with Gasteiger partial charge < -0.3 is 24.5 Å². The molecule has 1 aliphatic heterocycles. The number of hydrogen-bond acceptors (Lipinski definition) is 9. The van der Waals surface area contributed by atoms with Gasteiger partial charge in [0.15, 0.2) is 15.6 Å². The third kappa shape index (κ3) is 6.99. The SMILES string of the molecule is CCS(=O)(=O)c1ccc(OC)c(Nc2ncc(-c3cccc(-c4ccc(C(=O)NCCN5CCOCC5)cc4)c3)o2)c1. The molecule has 220 valence electrons. The van der Waals surface area contributed by atoms with Crippen molar-refractivity contribution in [1.29, 1.82) is 0 Å². The van der Waals surface area contributed by atoms with Crippen LogP contribution in [0, 0.1) is 0 Å². The number of rotatable bonds is 11. The van der Waals surface area contributed by atoms with Crippen LogP contribution in [0.4, 0.5) is 11.7 Å². The van der Waals surface area contributed by atoms with Crippen molar-refractivity contribution in [2.75, 3.05) is 57.6 Å². The number of nitrogens with zero attached hydrogens (tertiary/aromatic N) is 2. The van der Waals surface area contributed by atoms with Gasteiger partial charge in [-0.15, -0.1) is 0 Å². The number of sulfone groups is 1. The fourth-order valence-electron chi connectivity index (χ4n) is 4.65. The van der Waals surface area contributed by atoms with Crippen LogP contribution in [0.5, 0.6) is 5.75 Å². The number of oxazole rings is 1. The number of amides is 1. The highest BCUT2D eigenvalue weighted by molar-refractivity contribution is 7.91. The minimum absolute atomic E-state index is 0.0104. The summed E-state index contributed by atoms with van der Waals surface area (Å²) in [6.07, 6.45) is 1.60. The van der Waals surface area contributed by atoms with E-state index in [2.05, 4.69) is 20.5 Å². The highest BCUT2D eigenvalue weighted by Gasteiger charge is 2.17. The fourth-order valence-corrected chi connectivity index (χ4v) is 5.55. The van der Waals surface area contributed by atoms with Gasteiger partial charge in [0.2, 0.25) is 0 Å². The Kier molecular flexibility index (Phi) is 9.21. The maximum Gasteiger partial charge on any atom is 0.299 e. The number of ether oxygens (including phenoxy) is 2. The van der Waals surface area contributed by atoms with Crippen LogP contribution in [0.1, 0.15) is 17.3 Å². The molecule has 3 aromatic carbocycles. The van der Waals surface area contributed by atoms with Gasteiger partial charge in [0, 0.05) is 37.3 Å². The van der Waals surface area contributed by atoms with Gasteiger partial charge in [0.05, 0.1) is 42.9 Å². The number of aromatic nitrogens is 1. The zero-order valence-corrected chi connectivity index (χ0v) is 24.4. The van der Waals surface area contributed by atoms with Crippen molar-refractivity contribution in [3.63, 3.8) is 0 Å². The van der Waals surface area contributed by atoms with E-state index < -0.39 is 9.84 Å². The Morgan fingerprint density at radius 3 is 2.50 bits per heavy atom. The summed E-state index contributed by atoms with van der Waals surface area (Å²) in [6.45, 7) is 6.25. The van der Waals surface area contributed by atoms with Gasteiger partial charge in [-0.2, -0.15) is 0 Å². The van der Waals surface area contributed by atoms with Crippen molar-refractivity contribution in [1.82, 2.24) is 15.2 Å². The van der Waals surface area contributed by atoms with Crippen LogP contribution in [-0.2, 0) is 14.6 Å². The first-order valence-electron chi connectivity index (χ1n) is 13.8. The van der Waals surface area contributed by atoms with E-state index in [1.807, 2.05) is 48.5 Å². The molecule has 1 aromatic heterocycles. The van der Waals surface area contributed by atoms with Crippen LogP contribution in [0.25, 0.3) is 22.5 Å². The first kappa shape index (κ1) is 29.3. The van der Waals surface area contributed by atoms with E-state index in [1.165, 1.54) is 19.2 Å². The molecule has 1 saturated heterocycles. The van der Waals surface area contributed by atoms with Crippen molar-refractivity contribution >= 4 is 27.4 Å². The predicted octanol–water partition coefficient (Wildman–Crippen LogP) is 4.62. The van der Waals surface area contributed by atoms with Crippen molar-refractivity contribution in [3.8, 4) is 28.2 Å². The molecule has 42 heavy (non-hydrogen) atoms. The third-order valence-electron chi connectivity index (χ3n) is 7.10. The van der Waals surface area contributed by atoms with Crippen LogP contribution >= 0.6 is 0 Å². The molecule has 0 aliphatic carbocycles. The lowest BCUT2D eigenvalue weighted by molar-refractivity contribution is 0.0383. The molecule has 5 rings (SSSR count). The number of morpholine rings is 1. The number of carbonyl (C=O) groups excluding carboxylic acids is 1. The summed E-state index contributed by atoms with van der Waals surface area (Å²) in [6, 6.07) is 20.1. The van der Waals surface area contributed by atoms with E-state index in [-0.39, 0.29) is 22.6 Å². The Bertz CT molecular complexity index is 1630. The summed E-state index contributed by atoms with van der Waals surface area (Å²) >= 11 is 0. The summed E-state index contributed by atoms with van der Waals surface area (Å²) in [4.78, 5) is 19.4. The molecule has 1 aliphatic rings. The van der Waals surface area contributed by atoms with E-state index in [0.717, 1.165) is 49.5 Å². The smallest absolute Gasteiger partial charge is 0.299 e. The second-order valence-corrected chi connectivity index (χ2v) is 12.1. The quantitative estimate of drug-likeness (QED) is 0.258. The lowest BCUT2D eigenvalue weighted by atomic mass is 10.0. The minimum Gasteiger partial charge on any atom is -0.495 e. The molecule has 1 amide bonds. The Morgan fingerprint density at radius 2 is 1.76 bits per heavy atom. The molecule has 10 nitrogen and oxygen atoms in total. The number of anilines is 2. The van der Waals surface area contributed by atoms with Crippen LogP contribution in [-0.4, -0.2) is 76.5 Å². The largest absolute Gasteiger partial charge is 0.495 e. The number of hydrogen-bond donors (Lipinski definition) is 2. The zero-order valence-electron chi connectivity index (χ0n) is 23.6. The topological polar surface area (TPSA) is 123 Å². The average molecular weight is 591 g/mol. The second kappa shape index (κ2) is 13.2. The molecule has 2 N–H and O–H groups in total. The first-order valence-corrected chi connectivity index (χ1v) is 15.4. The van der Waals surface area contributed by atoms with E-state index >= 15 is 0 Å². The number of nitrogens with one attached hydrogen (secondary N) is 2. The lowest BCUT2D eigenvalue weighted by Crippen LogP contribution is -2.41. The maximum atomic E-state index is 12.6. The molecule has 0 saturated carbocycles. The third-order valence-corrected chi connectivity index (χ3v) is 8.83. The fraction of sp³-hybridized carbons (Fsp3) is 0.290. The molecule has 0 spiro atoms. The number of carbonyl (C=O) groups is 1. The first-order chi connectivity index (χ1) is 20.4. The molecule has 0 atom stereocenters. The predicted molar refractivity (Wildman–Crippen MR) is 161 cm³/mol. The molecule has 0 bridgehead atoms. The van der Waals surface area contributed by atoms with Gasteiger partial charge >= 0.3 is 0 Å². The molecule has 0 unspecified atom stereocenters. The van der Waals surface area contributed by atoms with Crippen molar-refractivity contribution in [2.24, 2.45) is 0 Å². The average Bonchev–Trinajstić information content (AvgIpc) is 3.50. The van der Waals surface area contributed by atoms with Gasteiger partial charge in [-0.25, -0.2) is 13.4 Å². The maximum absolute atomic E-state index is 12.6.